The Morgan fingerprint density at radius 2 is 2.24 bits per heavy atom. The van der Waals surface area contributed by atoms with Crippen molar-refractivity contribution in [2.75, 3.05) is 26.2 Å². The SMILES string of the molecule is CCN1CCN(Cc2cccc(Cl)n2)CC1C. The number of likely N-dealkylation sites (N-methyl/N-ethyl adjacent to an activating group) is 1. The molecule has 0 radical (unpaired) electrons. The van der Waals surface area contributed by atoms with Crippen LogP contribution in [-0.4, -0.2) is 47.0 Å². The number of aromatic nitrogens is 1. The van der Waals surface area contributed by atoms with Crippen LogP contribution in [0.15, 0.2) is 18.2 Å². The number of hydrogen-bond acceptors (Lipinski definition) is 3. The van der Waals surface area contributed by atoms with Gasteiger partial charge in [-0.1, -0.05) is 24.6 Å². The van der Waals surface area contributed by atoms with Crippen LogP contribution in [0.1, 0.15) is 19.5 Å². The van der Waals surface area contributed by atoms with Gasteiger partial charge in [0.15, 0.2) is 0 Å². The normalized spacial score (nSPS) is 22.9. The molecule has 0 spiro atoms. The molecule has 1 fully saturated rings. The predicted octanol–water partition coefficient (Wildman–Crippen LogP) is 2.26. The van der Waals surface area contributed by atoms with Crippen LogP contribution in [-0.2, 0) is 6.54 Å². The molecule has 0 N–H and O–H groups in total. The van der Waals surface area contributed by atoms with Gasteiger partial charge in [0, 0.05) is 32.2 Å². The standard InChI is InChI=1S/C13H20ClN3/c1-3-17-8-7-16(9-11(17)2)10-12-5-4-6-13(14)15-12/h4-6,11H,3,7-10H2,1-2H3. The second-order valence-corrected chi connectivity index (χ2v) is 5.05. The Hall–Kier alpha value is -0.640. The van der Waals surface area contributed by atoms with Gasteiger partial charge in [-0.15, -0.1) is 0 Å². The summed E-state index contributed by atoms with van der Waals surface area (Å²) in [5.74, 6) is 0. The van der Waals surface area contributed by atoms with Gasteiger partial charge in [-0.3, -0.25) is 9.80 Å². The minimum absolute atomic E-state index is 0.586. The van der Waals surface area contributed by atoms with Crippen molar-refractivity contribution in [2.24, 2.45) is 0 Å². The minimum Gasteiger partial charge on any atom is -0.298 e. The predicted molar refractivity (Wildman–Crippen MR) is 71.2 cm³/mol. The summed E-state index contributed by atoms with van der Waals surface area (Å²) in [6.07, 6.45) is 0. The Kier molecular flexibility index (Phi) is 4.37. The van der Waals surface area contributed by atoms with Gasteiger partial charge in [0.2, 0.25) is 0 Å². The first-order valence-electron chi connectivity index (χ1n) is 6.27. The van der Waals surface area contributed by atoms with Crippen LogP contribution in [0.2, 0.25) is 5.15 Å². The first-order chi connectivity index (χ1) is 8.19. The molecule has 1 aromatic heterocycles. The summed E-state index contributed by atoms with van der Waals surface area (Å²) < 4.78 is 0. The monoisotopic (exact) mass is 253 g/mol. The van der Waals surface area contributed by atoms with Crippen molar-refractivity contribution in [3.05, 3.63) is 29.0 Å². The highest BCUT2D eigenvalue weighted by Gasteiger charge is 2.22. The van der Waals surface area contributed by atoms with Crippen molar-refractivity contribution in [1.29, 1.82) is 0 Å². The van der Waals surface area contributed by atoms with E-state index >= 15 is 0 Å². The zero-order valence-corrected chi connectivity index (χ0v) is 11.3. The van der Waals surface area contributed by atoms with E-state index in [1.807, 2.05) is 18.2 Å². The van der Waals surface area contributed by atoms with E-state index in [4.69, 9.17) is 11.6 Å². The van der Waals surface area contributed by atoms with Crippen molar-refractivity contribution in [1.82, 2.24) is 14.8 Å². The summed E-state index contributed by atoms with van der Waals surface area (Å²) in [4.78, 5) is 9.31. The third-order valence-electron chi connectivity index (χ3n) is 3.41. The topological polar surface area (TPSA) is 19.4 Å². The number of pyridine rings is 1. The van der Waals surface area contributed by atoms with Crippen molar-refractivity contribution in [2.45, 2.75) is 26.4 Å². The van der Waals surface area contributed by atoms with Gasteiger partial charge in [0.1, 0.15) is 5.15 Å². The van der Waals surface area contributed by atoms with Crippen molar-refractivity contribution in [3.63, 3.8) is 0 Å². The smallest absolute Gasteiger partial charge is 0.129 e. The number of rotatable bonds is 3. The summed E-state index contributed by atoms with van der Waals surface area (Å²) in [6, 6.07) is 6.47. The largest absolute Gasteiger partial charge is 0.298 e. The van der Waals surface area contributed by atoms with E-state index in [9.17, 15) is 0 Å². The maximum atomic E-state index is 5.90. The molecular weight excluding hydrogens is 234 g/mol. The lowest BCUT2D eigenvalue weighted by Crippen LogP contribution is -2.51. The van der Waals surface area contributed by atoms with Crippen molar-refractivity contribution < 1.29 is 0 Å². The molecule has 0 aliphatic carbocycles. The zero-order valence-electron chi connectivity index (χ0n) is 10.6. The van der Waals surface area contributed by atoms with E-state index < -0.39 is 0 Å². The summed E-state index contributed by atoms with van der Waals surface area (Å²) >= 11 is 5.90. The zero-order chi connectivity index (χ0) is 12.3. The summed E-state index contributed by atoms with van der Waals surface area (Å²) in [6.45, 7) is 9.95. The van der Waals surface area contributed by atoms with Crippen molar-refractivity contribution >= 4 is 11.6 Å². The fourth-order valence-electron chi connectivity index (χ4n) is 2.45. The van der Waals surface area contributed by atoms with Gasteiger partial charge in [-0.2, -0.15) is 0 Å². The molecule has 1 unspecified atom stereocenters. The lowest BCUT2D eigenvalue weighted by atomic mass is 10.2. The lowest BCUT2D eigenvalue weighted by Gasteiger charge is -2.39. The molecule has 1 aromatic rings. The molecule has 1 aliphatic heterocycles. The van der Waals surface area contributed by atoms with E-state index in [0.29, 0.717) is 11.2 Å². The number of piperazine rings is 1. The van der Waals surface area contributed by atoms with Gasteiger partial charge in [-0.25, -0.2) is 4.98 Å². The van der Waals surface area contributed by atoms with Crippen LogP contribution in [0.4, 0.5) is 0 Å². The molecule has 4 heteroatoms. The summed E-state index contributed by atoms with van der Waals surface area (Å²) in [5, 5.41) is 0.586. The van der Waals surface area contributed by atoms with Crippen LogP contribution in [0.3, 0.4) is 0 Å². The van der Waals surface area contributed by atoms with Crippen LogP contribution >= 0.6 is 11.6 Å². The van der Waals surface area contributed by atoms with Crippen LogP contribution in [0.25, 0.3) is 0 Å². The van der Waals surface area contributed by atoms with E-state index in [1.165, 1.54) is 0 Å². The molecule has 2 heterocycles. The molecule has 0 bridgehead atoms. The van der Waals surface area contributed by atoms with Gasteiger partial charge in [0.25, 0.3) is 0 Å². The maximum absolute atomic E-state index is 5.90. The Balaban J connectivity index is 1.93. The molecule has 94 valence electrons. The molecule has 2 rings (SSSR count). The van der Waals surface area contributed by atoms with Crippen LogP contribution in [0.5, 0.6) is 0 Å². The average molecular weight is 254 g/mol. The number of hydrogen-bond donors (Lipinski definition) is 0. The molecule has 1 saturated heterocycles. The second-order valence-electron chi connectivity index (χ2n) is 4.66. The molecule has 0 saturated carbocycles. The van der Waals surface area contributed by atoms with E-state index in [1.54, 1.807) is 0 Å². The van der Waals surface area contributed by atoms with E-state index in [-0.39, 0.29) is 0 Å². The van der Waals surface area contributed by atoms with E-state index in [0.717, 1.165) is 38.4 Å². The molecule has 1 aliphatic rings. The first-order valence-corrected chi connectivity index (χ1v) is 6.64. The van der Waals surface area contributed by atoms with Crippen LogP contribution < -0.4 is 0 Å². The third kappa shape index (κ3) is 3.41. The fourth-order valence-corrected chi connectivity index (χ4v) is 2.63. The average Bonchev–Trinajstić information content (AvgIpc) is 2.29. The summed E-state index contributed by atoms with van der Waals surface area (Å²) in [7, 11) is 0. The molecule has 3 nitrogen and oxygen atoms in total. The molecule has 0 aromatic carbocycles. The third-order valence-corrected chi connectivity index (χ3v) is 3.62. The first kappa shape index (κ1) is 12.8. The molecule has 0 amide bonds. The highest BCUT2D eigenvalue weighted by atomic mass is 35.5. The minimum atomic E-state index is 0.586. The Morgan fingerprint density at radius 3 is 2.88 bits per heavy atom. The van der Waals surface area contributed by atoms with Crippen molar-refractivity contribution in [3.8, 4) is 0 Å². The maximum Gasteiger partial charge on any atom is 0.129 e. The molecule has 17 heavy (non-hydrogen) atoms. The fraction of sp³-hybridized carbons (Fsp3) is 0.615. The highest BCUT2D eigenvalue weighted by Crippen LogP contribution is 2.13. The Labute approximate surface area is 108 Å². The summed E-state index contributed by atoms with van der Waals surface area (Å²) in [5.41, 5.74) is 1.06. The molecular formula is C13H20ClN3. The quantitative estimate of drug-likeness (QED) is 0.771. The van der Waals surface area contributed by atoms with Gasteiger partial charge < -0.3 is 0 Å². The van der Waals surface area contributed by atoms with E-state index in [2.05, 4.69) is 28.6 Å². The molecule has 1 atom stereocenters. The highest BCUT2D eigenvalue weighted by molar-refractivity contribution is 6.29. The van der Waals surface area contributed by atoms with Gasteiger partial charge >= 0.3 is 0 Å². The number of halogens is 1. The number of nitrogens with zero attached hydrogens (tertiary/aromatic N) is 3. The van der Waals surface area contributed by atoms with Gasteiger partial charge in [0.05, 0.1) is 5.69 Å². The second kappa shape index (κ2) is 5.80. The lowest BCUT2D eigenvalue weighted by molar-refractivity contribution is 0.0826. The Bertz CT molecular complexity index is 369. The Morgan fingerprint density at radius 1 is 1.41 bits per heavy atom. The van der Waals surface area contributed by atoms with Crippen LogP contribution in [0, 0.1) is 0 Å². The van der Waals surface area contributed by atoms with Gasteiger partial charge in [-0.05, 0) is 25.6 Å².